The maximum absolute atomic E-state index is 12.1. The van der Waals surface area contributed by atoms with E-state index in [1.165, 1.54) is 25.7 Å². The SMILES string of the molecule is O=C(OCCOc1ccccc1)C1CC2CCCCC2N1. The van der Waals surface area contributed by atoms with Gasteiger partial charge >= 0.3 is 5.97 Å². The quantitative estimate of drug-likeness (QED) is 0.668. The molecule has 4 heteroatoms. The lowest BCUT2D eigenvalue weighted by Gasteiger charge is -2.24. The molecule has 1 aromatic rings. The molecule has 0 aromatic heterocycles. The minimum absolute atomic E-state index is 0.116. The highest BCUT2D eigenvalue weighted by Gasteiger charge is 2.38. The summed E-state index contributed by atoms with van der Waals surface area (Å²) in [4.78, 5) is 12.1. The number of nitrogens with one attached hydrogen (secondary N) is 1. The zero-order valence-electron chi connectivity index (χ0n) is 12.3. The second-order valence-electron chi connectivity index (χ2n) is 5.93. The van der Waals surface area contributed by atoms with Gasteiger partial charge in [0, 0.05) is 6.04 Å². The van der Waals surface area contributed by atoms with Crippen molar-refractivity contribution in [3.63, 3.8) is 0 Å². The van der Waals surface area contributed by atoms with E-state index >= 15 is 0 Å². The summed E-state index contributed by atoms with van der Waals surface area (Å²) in [5.74, 6) is 1.34. The molecule has 2 aliphatic rings. The zero-order valence-corrected chi connectivity index (χ0v) is 12.3. The van der Waals surface area contributed by atoms with Crippen LogP contribution < -0.4 is 10.1 Å². The number of hydrogen-bond donors (Lipinski definition) is 1. The van der Waals surface area contributed by atoms with E-state index in [0.717, 1.165) is 12.2 Å². The van der Waals surface area contributed by atoms with Gasteiger partial charge in [-0.15, -0.1) is 0 Å². The second kappa shape index (κ2) is 6.94. The smallest absolute Gasteiger partial charge is 0.323 e. The highest BCUT2D eigenvalue weighted by Crippen LogP contribution is 2.33. The fourth-order valence-electron chi connectivity index (χ4n) is 3.42. The molecule has 1 saturated heterocycles. The molecule has 0 amide bonds. The highest BCUT2D eigenvalue weighted by atomic mass is 16.6. The van der Waals surface area contributed by atoms with Gasteiger partial charge in [0.25, 0.3) is 0 Å². The lowest BCUT2D eigenvalue weighted by Crippen LogP contribution is -2.38. The molecule has 0 radical (unpaired) electrons. The Morgan fingerprint density at radius 3 is 2.76 bits per heavy atom. The van der Waals surface area contributed by atoms with E-state index in [2.05, 4.69) is 5.32 Å². The van der Waals surface area contributed by atoms with Crippen LogP contribution in [0.25, 0.3) is 0 Å². The van der Waals surface area contributed by atoms with Crippen LogP contribution in [-0.4, -0.2) is 31.3 Å². The van der Waals surface area contributed by atoms with Crippen LogP contribution >= 0.6 is 0 Å². The molecule has 114 valence electrons. The molecular weight excluding hydrogens is 266 g/mol. The van der Waals surface area contributed by atoms with E-state index in [4.69, 9.17) is 9.47 Å². The van der Waals surface area contributed by atoms with Crippen molar-refractivity contribution in [2.45, 2.75) is 44.2 Å². The van der Waals surface area contributed by atoms with Crippen molar-refractivity contribution in [3.8, 4) is 5.75 Å². The first-order valence-corrected chi connectivity index (χ1v) is 7.93. The first kappa shape index (κ1) is 14.4. The Morgan fingerprint density at radius 1 is 1.14 bits per heavy atom. The third-order valence-corrected chi connectivity index (χ3v) is 4.49. The largest absolute Gasteiger partial charge is 0.490 e. The van der Waals surface area contributed by atoms with Crippen LogP contribution in [0, 0.1) is 5.92 Å². The number of fused-ring (bicyclic) bond motifs is 1. The fourth-order valence-corrected chi connectivity index (χ4v) is 3.42. The Hall–Kier alpha value is -1.55. The molecule has 1 aliphatic heterocycles. The maximum atomic E-state index is 12.1. The van der Waals surface area contributed by atoms with Crippen LogP contribution in [0.4, 0.5) is 0 Å². The molecule has 0 bridgehead atoms. The van der Waals surface area contributed by atoms with Gasteiger partial charge in [-0.3, -0.25) is 4.79 Å². The number of benzene rings is 1. The topological polar surface area (TPSA) is 47.6 Å². The predicted molar refractivity (Wildman–Crippen MR) is 80.2 cm³/mol. The molecule has 1 heterocycles. The lowest BCUT2D eigenvalue weighted by molar-refractivity contribution is -0.146. The predicted octanol–water partition coefficient (Wildman–Crippen LogP) is 2.53. The van der Waals surface area contributed by atoms with Crippen LogP contribution in [0.2, 0.25) is 0 Å². The lowest BCUT2D eigenvalue weighted by atomic mass is 9.85. The third kappa shape index (κ3) is 3.76. The van der Waals surface area contributed by atoms with Gasteiger partial charge in [0.2, 0.25) is 0 Å². The van der Waals surface area contributed by atoms with Crippen molar-refractivity contribution in [2.75, 3.05) is 13.2 Å². The van der Waals surface area contributed by atoms with Gasteiger partial charge in [-0.2, -0.15) is 0 Å². The number of ether oxygens (including phenoxy) is 2. The molecule has 0 spiro atoms. The Bertz CT molecular complexity index is 448. The number of hydrogen-bond acceptors (Lipinski definition) is 4. The monoisotopic (exact) mass is 289 g/mol. The normalized spacial score (nSPS) is 27.9. The Kier molecular flexibility index (Phi) is 4.76. The molecular formula is C17H23NO3. The number of para-hydroxylation sites is 1. The highest BCUT2D eigenvalue weighted by molar-refractivity contribution is 5.76. The van der Waals surface area contributed by atoms with Gasteiger partial charge in [0.1, 0.15) is 25.0 Å². The zero-order chi connectivity index (χ0) is 14.5. The molecule has 3 atom stereocenters. The van der Waals surface area contributed by atoms with Gasteiger partial charge in [-0.25, -0.2) is 0 Å². The maximum Gasteiger partial charge on any atom is 0.323 e. The summed E-state index contributed by atoms with van der Waals surface area (Å²) < 4.78 is 10.8. The van der Waals surface area contributed by atoms with Crippen LogP contribution in [0.3, 0.4) is 0 Å². The Balaban J connectivity index is 1.37. The molecule has 21 heavy (non-hydrogen) atoms. The summed E-state index contributed by atoms with van der Waals surface area (Å²) in [5, 5.41) is 3.44. The van der Waals surface area contributed by atoms with Crippen LogP contribution in [0.5, 0.6) is 5.75 Å². The first-order valence-electron chi connectivity index (χ1n) is 7.93. The molecule has 1 aliphatic carbocycles. The summed E-state index contributed by atoms with van der Waals surface area (Å²) in [6.07, 6.45) is 5.96. The van der Waals surface area contributed by atoms with Crippen LogP contribution in [0.15, 0.2) is 30.3 Å². The molecule has 1 N–H and O–H groups in total. The van der Waals surface area contributed by atoms with E-state index in [1.54, 1.807) is 0 Å². The minimum Gasteiger partial charge on any atom is -0.490 e. The van der Waals surface area contributed by atoms with Gasteiger partial charge in [0.05, 0.1) is 0 Å². The standard InChI is InChI=1S/C17H23NO3/c19-17(16-12-13-6-4-5-9-15(13)18-16)21-11-10-20-14-7-2-1-3-8-14/h1-3,7-8,13,15-16,18H,4-6,9-12H2. The van der Waals surface area contributed by atoms with Gasteiger partial charge in [-0.05, 0) is 37.3 Å². The molecule has 1 saturated carbocycles. The molecule has 3 rings (SSSR count). The first-order chi connectivity index (χ1) is 10.3. The van der Waals surface area contributed by atoms with E-state index in [1.807, 2.05) is 30.3 Å². The van der Waals surface area contributed by atoms with E-state index < -0.39 is 0 Å². The Labute approximate surface area is 125 Å². The second-order valence-corrected chi connectivity index (χ2v) is 5.93. The van der Waals surface area contributed by atoms with Crippen LogP contribution in [0.1, 0.15) is 32.1 Å². The summed E-state index contributed by atoms with van der Waals surface area (Å²) in [6.45, 7) is 0.705. The van der Waals surface area contributed by atoms with Crippen LogP contribution in [-0.2, 0) is 9.53 Å². The summed E-state index contributed by atoms with van der Waals surface area (Å²) in [6, 6.07) is 9.98. The average molecular weight is 289 g/mol. The number of carbonyl (C=O) groups excluding carboxylic acids is 1. The Morgan fingerprint density at radius 2 is 1.95 bits per heavy atom. The van der Waals surface area contributed by atoms with Crippen molar-refractivity contribution < 1.29 is 14.3 Å². The van der Waals surface area contributed by atoms with E-state index in [-0.39, 0.29) is 12.0 Å². The minimum atomic E-state index is -0.124. The van der Waals surface area contributed by atoms with E-state index in [0.29, 0.717) is 25.2 Å². The van der Waals surface area contributed by atoms with Crippen molar-refractivity contribution >= 4 is 5.97 Å². The third-order valence-electron chi connectivity index (χ3n) is 4.49. The number of esters is 1. The number of rotatable bonds is 5. The van der Waals surface area contributed by atoms with Crippen molar-refractivity contribution in [3.05, 3.63) is 30.3 Å². The van der Waals surface area contributed by atoms with E-state index in [9.17, 15) is 4.79 Å². The molecule has 4 nitrogen and oxygen atoms in total. The molecule has 2 fully saturated rings. The number of carbonyl (C=O) groups is 1. The van der Waals surface area contributed by atoms with Gasteiger partial charge in [0.15, 0.2) is 0 Å². The van der Waals surface area contributed by atoms with Gasteiger partial charge < -0.3 is 14.8 Å². The van der Waals surface area contributed by atoms with Crippen molar-refractivity contribution in [2.24, 2.45) is 5.92 Å². The van der Waals surface area contributed by atoms with Gasteiger partial charge in [-0.1, -0.05) is 31.0 Å². The van der Waals surface area contributed by atoms with Crippen molar-refractivity contribution in [1.82, 2.24) is 5.32 Å². The summed E-state index contributed by atoms with van der Waals surface area (Å²) in [7, 11) is 0. The summed E-state index contributed by atoms with van der Waals surface area (Å²) in [5.41, 5.74) is 0. The average Bonchev–Trinajstić information content (AvgIpc) is 2.96. The van der Waals surface area contributed by atoms with Crippen molar-refractivity contribution in [1.29, 1.82) is 0 Å². The molecule has 3 unspecified atom stereocenters. The molecule has 1 aromatic carbocycles. The fraction of sp³-hybridized carbons (Fsp3) is 0.588. The summed E-state index contributed by atoms with van der Waals surface area (Å²) >= 11 is 0.